The zero-order valence-corrected chi connectivity index (χ0v) is 11.8. The van der Waals surface area contributed by atoms with Crippen LogP contribution in [0.5, 0.6) is 0 Å². The Bertz CT molecular complexity index is 493. The van der Waals surface area contributed by atoms with Crippen LogP contribution in [0.3, 0.4) is 0 Å². The van der Waals surface area contributed by atoms with Crippen LogP contribution in [0, 0.1) is 18.8 Å². The summed E-state index contributed by atoms with van der Waals surface area (Å²) >= 11 is 0. The Balaban J connectivity index is 1.89. The van der Waals surface area contributed by atoms with E-state index in [1.54, 1.807) is 0 Å². The predicted octanol–water partition coefficient (Wildman–Crippen LogP) is 2.73. The van der Waals surface area contributed by atoms with Gasteiger partial charge in [-0.25, -0.2) is 9.78 Å². The van der Waals surface area contributed by atoms with Gasteiger partial charge in [0.05, 0.1) is 6.61 Å². The van der Waals surface area contributed by atoms with Gasteiger partial charge in [-0.15, -0.1) is 0 Å². The average molecular weight is 262 g/mol. The summed E-state index contributed by atoms with van der Waals surface area (Å²) in [7, 11) is 0. The van der Waals surface area contributed by atoms with Gasteiger partial charge >= 0.3 is 5.97 Å². The van der Waals surface area contributed by atoms with Crippen LogP contribution < -0.4 is 0 Å². The molecule has 1 saturated carbocycles. The van der Waals surface area contributed by atoms with Crippen molar-refractivity contribution >= 4 is 5.97 Å². The summed E-state index contributed by atoms with van der Waals surface area (Å²) in [5.74, 6) is 2.37. The fourth-order valence-electron chi connectivity index (χ4n) is 3.65. The second-order valence-electron chi connectivity index (χ2n) is 5.80. The van der Waals surface area contributed by atoms with E-state index >= 15 is 0 Å². The minimum Gasteiger partial charge on any atom is -0.461 e. The van der Waals surface area contributed by atoms with Crippen molar-refractivity contribution in [3.63, 3.8) is 0 Å². The Kier molecular flexibility index (Phi) is 3.33. The highest BCUT2D eigenvalue weighted by Gasteiger charge is 2.33. The molecule has 1 aliphatic heterocycles. The molecule has 2 unspecified atom stereocenters. The normalized spacial score (nSPS) is 25.6. The predicted molar refractivity (Wildman–Crippen MR) is 72.1 cm³/mol. The maximum absolute atomic E-state index is 11.9. The number of carbonyl (C=O) groups excluding carboxylic acids is 1. The van der Waals surface area contributed by atoms with Gasteiger partial charge in [0.25, 0.3) is 0 Å². The highest BCUT2D eigenvalue weighted by atomic mass is 16.5. The van der Waals surface area contributed by atoms with Crippen LogP contribution in [0.25, 0.3) is 0 Å². The largest absolute Gasteiger partial charge is 0.461 e. The van der Waals surface area contributed by atoms with Crippen molar-refractivity contribution in [1.29, 1.82) is 0 Å². The number of rotatable bonds is 2. The lowest BCUT2D eigenvalue weighted by molar-refractivity contribution is 0.0519. The van der Waals surface area contributed by atoms with Gasteiger partial charge in [-0.1, -0.05) is 12.8 Å². The fourth-order valence-corrected chi connectivity index (χ4v) is 3.65. The molecular formula is C15H22N2O2. The van der Waals surface area contributed by atoms with E-state index in [0.29, 0.717) is 12.3 Å². The molecule has 0 bridgehead atoms. The SMILES string of the molecule is CCOC(=O)c1nc2n(c1C)CC1CCCCC1C2. The number of ether oxygens (including phenoxy) is 1. The van der Waals surface area contributed by atoms with Crippen LogP contribution in [0.2, 0.25) is 0 Å². The Labute approximate surface area is 114 Å². The van der Waals surface area contributed by atoms with Crippen molar-refractivity contribution in [1.82, 2.24) is 9.55 Å². The van der Waals surface area contributed by atoms with Gasteiger partial charge in [-0.3, -0.25) is 0 Å². The smallest absolute Gasteiger partial charge is 0.358 e. The second-order valence-corrected chi connectivity index (χ2v) is 5.80. The van der Waals surface area contributed by atoms with E-state index in [1.165, 1.54) is 25.7 Å². The molecule has 1 aliphatic carbocycles. The number of imidazole rings is 1. The van der Waals surface area contributed by atoms with Gasteiger partial charge in [0.15, 0.2) is 5.69 Å². The maximum Gasteiger partial charge on any atom is 0.358 e. The lowest BCUT2D eigenvalue weighted by Crippen LogP contribution is -2.32. The first kappa shape index (κ1) is 12.7. The molecular weight excluding hydrogens is 240 g/mol. The van der Waals surface area contributed by atoms with Gasteiger partial charge in [0.2, 0.25) is 0 Å². The summed E-state index contributed by atoms with van der Waals surface area (Å²) in [5, 5.41) is 0. The van der Waals surface area contributed by atoms with Crippen molar-refractivity contribution in [2.45, 2.75) is 52.5 Å². The Morgan fingerprint density at radius 1 is 1.37 bits per heavy atom. The highest BCUT2D eigenvalue weighted by molar-refractivity contribution is 5.88. The lowest BCUT2D eigenvalue weighted by atomic mass is 9.75. The van der Waals surface area contributed by atoms with Crippen LogP contribution in [0.4, 0.5) is 0 Å². The zero-order chi connectivity index (χ0) is 13.4. The molecule has 1 fully saturated rings. The molecule has 0 saturated heterocycles. The summed E-state index contributed by atoms with van der Waals surface area (Å²) in [6.45, 7) is 5.27. The van der Waals surface area contributed by atoms with Gasteiger partial charge < -0.3 is 9.30 Å². The number of fused-ring (bicyclic) bond motifs is 2. The first-order chi connectivity index (χ1) is 9.20. The fraction of sp³-hybridized carbons (Fsp3) is 0.733. The molecule has 0 aromatic carbocycles. The molecule has 0 spiro atoms. The van der Waals surface area contributed by atoms with Gasteiger partial charge in [-0.2, -0.15) is 0 Å². The monoisotopic (exact) mass is 262 g/mol. The number of hydrogen-bond acceptors (Lipinski definition) is 3. The molecule has 4 nitrogen and oxygen atoms in total. The summed E-state index contributed by atoms with van der Waals surface area (Å²) in [6, 6.07) is 0. The van der Waals surface area contributed by atoms with E-state index in [9.17, 15) is 4.79 Å². The molecule has 2 heterocycles. The summed E-state index contributed by atoms with van der Waals surface area (Å²) < 4.78 is 7.34. The molecule has 4 heteroatoms. The van der Waals surface area contributed by atoms with Crippen LogP contribution in [0.15, 0.2) is 0 Å². The lowest BCUT2D eigenvalue weighted by Gasteiger charge is -2.36. The quantitative estimate of drug-likeness (QED) is 0.770. The Hall–Kier alpha value is -1.32. The molecule has 1 aromatic rings. The summed E-state index contributed by atoms with van der Waals surface area (Å²) in [4.78, 5) is 16.4. The van der Waals surface area contributed by atoms with E-state index in [4.69, 9.17) is 4.74 Å². The summed E-state index contributed by atoms with van der Waals surface area (Å²) in [5.41, 5.74) is 1.51. The van der Waals surface area contributed by atoms with Crippen molar-refractivity contribution in [3.05, 3.63) is 17.2 Å². The molecule has 0 amide bonds. The standard InChI is InChI=1S/C15H22N2O2/c1-3-19-15(18)14-10(2)17-9-12-7-5-4-6-11(12)8-13(17)16-14/h11-12H,3-9H2,1-2H3. The van der Waals surface area contributed by atoms with Gasteiger partial charge in [0.1, 0.15) is 5.82 Å². The molecule has 104 valence electrons. The van der Waals surface area contributed by atoms with Gasteiger partial charge in [0, 0.05) is 18.7 Å². The van der Waals surface area contributed by atoms with Crippen LogP contribution in [0.1, 0.15) is 54.6 Å². The first-order valence-corrected chi connectivity index (χ1v) is 7.43. The topological polar surface area (TPSA) is 44.1 Å². The van der Waals surface area contributed by atoms with E-state index in [0.717, 1.165) is 36.3 Å². The number of aromatic nitrogens is 2. The van der Waals surface area contributed by atoms with E-state index in [2.05, 4.69) is 9.55 Å². The third-order valence-electron chi connectivity index (χ3n) is 4.70. The molecule has 2 atom stereocenters. The zero-order valence-electron chi connectivity index (χ0n) is 11.8. The minimum absolute atomic E-state index is 0.273. The molecule has 19 heavy (non-hydrogen) atoms. The number of esters is 1. The first-order valence-electron chi connectivity index (χ1n) is 7.43. The minimum atomic E-state index is -0.273. The number of hydrogen-bond donors (Lipinski definition) is 0. The highest BCUT2D eigenvalue weighted by Crippen LogP contribution is 2.37. The van der Waals surface area contributed by atoms with Crippen LogP contribution in [-0.2, 0) is 17.7 Å². The van der Waals surface area contributed by atoms with Gasteiger partial charge in [-0.05, 0) is 38.5 Å². The van der Waals surface area contributed by atoms with Crippen molar-refractivity contribution in [2.24, 2.45) is 11.8 Å². The molecule has 0 radical (unpaired) electrons. The van der Waals surface area contributed by atoms with Crippen molar-refractivity contribution in [3.8, 4) is 0 Å². The average Bonchev–Trinajstić information content (AvgIpc) is 2.74. The number of nitrogens with zero attached hydrogens (tertiary/aromatic N) is 2. The van der Waals surface area contributed by atoms with Crippen LogP contribution >= 0.6 is 0 Å². The maximum atomic E-state index is 11.9. The van der Waals surface area contributed by atoms with E-state index in [1.807, 2.05) is 13.8 Å². The molecule has 1 aromatic heterocycles. The molecule has 0 N–H and O–H groups in total. The van der Waals surface area contributed by atoms with E-state index < -0.39 is 0 Å². The summed E-state index contributed by atoms with van der Waals surface area (Å²) in [6.07, 6.45) is 6.40. The van der Waals surface area contributed by atoms with E-state index in [-0.39, 0.29) is 5.97 Å². The third-order valence-corrected chi connectivity index (χ3v) is 4.70. The number of carbonyl (C=O) groups is 1. The van der Waals surface area contributed by atoms with Crippen molar-refractivity contribution < 1.29 is 9.53 Å². The Morgan fingerprint density at radius 2 is 2.11 bits per heavy atom. The molecule has 3 rings (SSSR count). The van der Waals surface area contributed by atoms with Crippen LogP contribution in [-0.4, -0.2) is 22.1 Å². The van der Waals surface area contributed by atoms with Crippen molar-refractivity contribution in [2.75, 3.05) is 6.61 Å². The Morgan fingerprint density at radius 3 is 2.84 bits per heavy atom. The second kappa shape index (κ2) is 4.99. The third kappa shape index (κ3) is 2.17. The molecule has 2 aliphatic rings.